The molecule has 0 radical (unpaired) electrons. The summed E-state index contributed by atoms with van der Waals surface area (Å²) in [5, 5.41) is 13.4. The number of carboxylic acid groups (broad SMARTS) is 1. The summed E-state index contributed by atoms with van der Waals surface area (Å²) in [7, 11) is 0. The largest absolute Gasteiger partial charge is 0.478 e. The number of piperidine rings is 1. The quantitative estimate of drug-likeness (QED) is 0.872. The molecule has 2 aromatic rings. The van der Waals surface area contributed by atoms with Crippen molar-refractivity contribution in [2.75, 3.05) is 13.1 Å². The Balaban J connectivity index is 1.36. The fourth-order valence-corrected chi connectivity index (χ4v) is 4.15. The molecule has 2 fully saturated rings. The zero-order valence-electron chi connectivity index (χ0n) is 15.4. The van der Waals surface area contributed by atoms with E-state index in [2.05, 4.69) is 5.10 Å². The maximum Gasteiger partial charge on any atom is 0.339 e. The normalized spacial score (nSPS) is 22.3. The van der Waals surface area contributed by atoms with Crippen LogP contribution < -0.4 is 0 Å². The first-order valence-electron chi connectivity index (χ1n) is 9.38. The van der Waals surface area contributed by atoms with Crippen molar-refractivity contribution in [3.8, 4) is 0 Å². The number of hydrogen-bond acceptors (Lipinski definition) is 3. The van der Waals surface area contributed by atoms with Crippen molar-refractivity contribution in [1.29, 1.82) is 0 Å². The average molecular weight is 389 g/mol. The van der Waals surface area contributed by atoms with Crippen LogP contribution in [-0.4, -0.2) is 44.8 Å². The van der Waals surface area contributed by atoms with Gasteiger partial charge in [-0.05, 0) is 49.8 Å². The van der Waals surface area contributed by atoms with Crippen molar-refractivity contribution < 1.29 is 23.5 Å². The molecule has 1 saturated heterocycles. The van der Waals surface area contributed by atoms with Crippen LogP contribution in [0.5, 0.6) is 0 Å². The van der Waals surface area contributed by atoms with Gasteiger partial charge in [0.1, 0.15) is 5.56 Å². The van der Waals surface area contributed by atoms with Gasteiger partial charge in [-0.25, -0.2) is 13.6 Å². The standard InChI is InChI=1S/C20H21F2N3O3/c1-11-16(20(27)28)10-23-25(11)13-4-6-24(7-5-13)19(26)15-9-14(15)12-2-3-17(21)18(22)8-12/h2-3,8,10,13-15H,4-7,9H2,1H3,(H,27,28). The van der Waals surface area contributed by atoms with Crippen molar-refractivity contribution >= 4 is 11.9 Å². The summed E-state index contributed by atoms with van der Waals surface area (Å²) in [5.74, 6) is -2.93. The van der Waals surface area contributed by atoms with Gasteiger partial charge in [-0.1, -0.05) is 6.07 Å². The third-order valence-corrected chi connectivity index (χ3v) is 5.88. The van der Waals surface area contributed by atoms with Crippen LogP contribution in [0.2, 0.25) is 0 Å². The fraction of sp³-hybridized carbons (Fsp3) is 0.450. The SMILES string of the molecule is Cc1c(C(=O)O)cnn1C1CCN(C(=O)C2CC2c2ccc(F)c(F)c2)CC1. The highest BCUT2D eigenvalue weighted by atomic mass is 19.2. The van der Waals surface area contributed by atoms with E-state index >= 15 is 0 Å². The molecule has 2 atom stereocenters. The van der Waals surface area contributed by atoms with Gasteiger partial charge in [-0.15, -0.1) is 0 Å². The number of rotatable bonds is 4. The van der Waals surface area contributed by atoms with Crippen LogP contribution >= 0.6 is 0 Å². The zero-order valence-corrected chi connectivity index (χ0v) is 15.4. The molecule has 6 nitrogen and oxygen atoms in total. The van der Waals surface area contributed by atoms with Crippen LogP contribution in [0.3, 0.4) is 0 Å². The fourth-order valence-electron chi connectivity index (χ4n) is 4.15. The summed E-state index contributed by atoms with van der Waals surface area (Å²) in [5.41, 5.74) is 1.49. The highest BCUT2D eigenvalue weighted by Gasteiger charge is 2.46. The Bertz CT molecular complexity index is 935. The van der Waals surface area contributed by atoms with Gasteiger partial charge in [0.15, 0.2) is 11.6 Å². The van der Waals surface area contributed by atoms with E-state index in [-0.39, 0.29) is 29.3 Å². The first-order valence-corrected chi connectivity index (χ1v) is 9.38. The smallest absolute Gasteiger partial charge is 0.339 e. The van der Waals surface area contributed by atoms with Gasteiger partial charge in [-0.3, -0.25) is 9.48 Å². The van der Waals surface area contributed by atoms with Gasteiger partial charge in [0.05, 0.1) is 17.9 Å². The zero-order chi connectivity index (χ0) is 20.0. The van der Waals surface area contributed by atoms with Gasteiger partial charge in [0.25, 0.3) is 0 Å². The van der Waals surface area contributed by atoms with Crippen LogP contribution in [0.1, 0.15) is 52.8 Å². The summed E-state index contributed by atoms with van der Waals surface area (Å²) in [4.78, 5) is 25.8. The lowest BCUT2D eigenvalue weighted by molar-refractivity contribution is -0.134. The van der Waals surface area contributed by atoms with Crippen molar-refractivity contribution in [3.05, 3.63) is 52.9 Å². The third-order valence-electron chi connectivity index (χ3n) is 5.88. The van der Waals surface area contributed by atoms with E-state index in [1.165, 1.54) is 12.3 Å². The Morgan fingerprint density at radius 2 is 1.89 bits per heavy atom. The Kier molecular flexibility index (Phi) is 4.64. The van der Waals surface area contributed by atoms with Crippen molar-refractivity contribution in [2.45, 2.75) is 38.1 Å². The van der Waals surface area contributed by atoms with Gasteiger partial charge in [0.2, 0.25) is 5.91 Å². The minimum Gasteiger partial charge on any atom is -0.478 e. The van der Waals surface area contributed by atoms with E-state index in [4.69, 9.17) is 5.11 Å². The number of amides is 1. The molecule has 2 unspecified atom stereocenters. The van der Waals surface area contributed by atoms with Gasteiger partial charge >= 0.3 is 5.97 Å². The molecule has 1 amide bonds. The molecule has 1 aliphatic carbocycles. The molecule has 1 saturated carbocycles. The Morgan fingerprint density at radius 3 is 2.50 bits per heavy atom. The first-order chi connectivity index (χ1) is 13.4. The molecule has 148 valence electrons. The number of carbonyl (C=O) groups excluding carboxylic acids is 1. The lowest BCUT2D eigenvalue weighted by Crippen LogP contribution is -2.40. The minimum absolute atomic E-state index is 0.0493. The van der Waals surface area contributed by atoms with Crippen molar-refractivity contribution in [1.82, 2.24) is 14.7 Å². The lowest BCUT2D eigenvalue weighted by atomic mass is 10.0. The second-order valence-corrected chi connectivity index (χ2v) is 7.57. The number of carboxylic acids is 1. The molecule has 4 rings (SSSR count). The van der Waals surface area contributed by atoms with E-state index in [0.717, 1.165) is 6.07 Å². The van der Waals surface area contributed by atoms with Crippen molar-refractivity contribution in [3.63, 3.8) is 0 Å². The molecule has 1 aromatic carbocycles. The van der Waals surface area contributed by atoms with Crippen LogP contribution in [0.15, 0.2) is 24.4 Å². The number of aromatic carboxylic acids is 1. The number of hydrogen-bond donors (Lipinski definition) is 1. The predicted octanol–water partition coefficient (Wildman–Crippen LogP) is 3.14. The number of likely N-dealkylation sites (tertiary alicyclic amines) is 1. The first kappa shape index (κ1) is 18.6. The maximum atomic E-state index is 13.4. The Morgan fingerprint density at radius 1 is 1.18 bits per heavy atom. The monoisotopic (exact) mass is 389 g/mol. The molecule has 8 heteroatoms. The third kappa shape index (κ3) is 3.27. The van der Waals surface area contributed by atoms with Gasteiger partial charge in [-0.2, -0.15) is 5.10 Å². The summed E-state index contributed by atoms with van der Waals surface area (Å²) in [6.07, 6.45) is 3.43. The lowest BCUT2D eigenvalue weighted by Gasteiger charge is -2.33. The molecule has 2 heterocycles. The van der Waals surface area contributed by atoms with E-state index in [0.29, 0.717) is 43.6 Å². The van der Waals surface area contributed by atoms with Gasteiger partial charge in [0, 0.05) is 19.0 Å². The highest BCUT2D eigenvalue weighted by molar-refractivity contribution is 5.88. The number of halogens is 2. The molecule has 1 aliphatic heterocycles. The number of carbonyl (C=O) groups is 2. The van der Waals surface area contributed by atoms with Crippen molar-refractivity contribution in [2.24, 2.45) is 5.92 Å². The Hall–Kier alpha value is -2.77. The molecule has 28 heavy (non-hydrogen) atoms. The molecular formula is C20H21F2N3O3. The van der Waals surface area contributed by atoms with Crippen LogP contribution in [0.25, 0.3) is 0 Å². The minimum atomic E-state index is -0.992. The molecule has 1 aromatic heterocycles. The topological polar surface area (TPSA) is 75.4 Å². The van der Waals surface area contributed by atoms with Crippen LogP contribution in [0.4, 0.5) is 8.78 Å². The second kappa shape index (κ2) is 7.00. The molecular weight excluding hydrogens is 368 g/mol. The number of nitrogens with zero attached hydrogens (tertiary/aromatic N) is 3. The molecule has 0 bridgehead atoms. The number of benzene rings is 1. The summed E-state index contributed by atoms with van der Waals surface area (Å²) in [6.45, 7) is 2.89. The highest BCUT2D eigenvalue weighted by Crippen LogP contribution is 2.49. The van der Waals surface area contributed by atoms with Crippen LogP contribution in [-0.2, 0) is 4.79 Å². The number of aromatic nitrogens is 2. The Labute approximate surface area is 160 Å². The van der Waals surface area contributed by atoms with E-state index in [9.17, 15) is 18.4 Å². The predicted molar refractivity (Wildman–Crippen MR) is 96.0 cm³/mol. The maximum absolute atomic E-state index is 13.4. The summed E-state index contributed by atoms with van der Waals surface area (Å²) < 4.78 is 28.3. The van der Waals surface area contributed by atoms with E-state index in [1.807, 2.05) is 4.90 Å². The van der Waals surface area contributed by atoms with E-state index < -0.39 is 17.6 Å². The van der Waals surface area contributed by atoms with E-state index in [1.54, 1.807) is 17.7 Å². The molecule has 2 aliphatic rings. The summed E-state index contributed by atoms with van der Waals surface area (Å²) in [6, 6.07) is 3.90. The molecule has 0 spiro atoms. The average Bonchev–Trinajstić information content (AvgIpc) is 3.38. The molecule has 1 N–H and O–H groups in total. The summed E-state index contributed by atoms with van der Waals surface area (Å²) >= 11 is 0. The van der Waals surface area contributed by atoms with Gasteiger partial charge < -0.3 is 10.0 Å². The van der Waals surface area contributed by atoms with Crippen LogP contribution in [0, 0.1) is 24.5 Å². The second-order valence-electron chi connectivity index (χ2n) is 7.57.